The first-order valence-electron chi connectivity index (χ1n) is 6.21. The maximum atomic E-state index is 11.9. The molecule has 0 bridgehead atoms. The van der Waals surface area contributed by atoms with E-state index < -0.39 is 0 Å². The van der Waals surface area contributed by atoms with Crippen molar-refractivity contribution in [2.24, 2.45) is 4.99 Å². The molecule has 0 unspecified atom stereocenters. The maximum Gasteiger partial charge on any atom is 0.244 e. The molecule has 0 atom stereocenters. The Morgan fingerprint density at radius 2 is 2.25 bits per heavy atom. The molecular formula is C14H14BrNO2S2. The van der Waals surface area contributed by atoms with Crippen LogP contribution >= 0.6 is 39.5 Å². The molecule has 0 aliphatic carbocycles. The fraction of sp³-hybridized carbons (Fsp3) is 0.286. The van der Waals surface area contributed by atoms with Crippen LogP contribution in [0, 0.1) is 0 Å². The van der Waals surface area contributed by atoms with Gasteiger partial charge >= 0.3 is 0 Å². The van der Waals surface area contributed by atoms with Gasteiger partial charge in [0.15, 0.2) is 0 Å². The Kier molecular flexibility index (Phi) is 5.74. The second kappa shape index (κ2) is 7.33. The second-order valence-electron chi connectivity index (χ2n) is 3.84. The summed E-state index contributed by atoms with van der Waals surface area (Å²) < 4.78 is 7.33. The predicted molar refractivity (Wildman–Crippen MR) is 91.5 cm³/mol. The quantitative estimate of drug-likeness (QED) is 0.726. The Bertz CT molecular complexity index is 585. The summed E-state index contributed by atoms with van der Waals surface area (Å²) >= 11 is 6.21. The molecule has 1 heterocycles. The number of hydrogen-bond donors (Lipinski definition) is 0. The number of halogens is 1. The average molecular weight is 372 g/mol. The zero-order chi connectivity index (χ0) is 14.5. The van der Waals surface area contributed by atoms with Crippen LogP contribution in [0.15, 0.2) is 33.4 Å². The van der Waals surface area contributed by atoms with Crippen LogP contribution in [-0.2, 0) is 4.79 Å². The van der Waals surface area contributed by atoms with Gasteiger partial charge in [0.25, 0.3) is 0 Å². The molecule has 0 fully saturated rings. The van der Waals surface area contributed by atoms with Gasteiger partial charge in [0.1, 0.15) is 15.8 Å². The maximum absolute atomic E-state index is 11.9. The van der Waals surface area contributed by atoms with Crippen molar-refractivity contribution in [1.82, 2.24) is 0 Å². The van der Waals surface area contributed by atoms with Gasteiger partial charge in [-0.1, -0.05) is 34.6 Å². The van der Waals surface area contributed by atoms with Crippen molar-refractivity contribution >= 4 is 55.0 Å². The highest BCUT2D eigenvalue weighted by atomic mass is 79.9. The molecule has 0 saturated carbocycles. The van der Waals surface area contributed by atoms with Crippen molar-refractivity contribution in [2.75, 3.05) is 12.4 Å². The standard InChI is InChI=1S/C14H14BrNO2S2/c1-3-18-12-6-5-10(15)7-9(12)8-11-13(17)20-14(16-11)19-4-2/h5-8H,3-4H2,1-2H3/b11-8+. The fourth-order valence-electron chi connectivity index (χ4n) is 1.64. The summed E-state index contributed by atoms with van der Waals surface area (Å²) in [5, 5.41) is -0.0108. The van der Waals surface area contributed by atoms with Crippen molar-refractivity contribution in [3.8, 4) is 5.75 Å². The number of ether oxygens (including phenoxy) is 1. The minimum atomic E-state index is -0.0108. The number of thioether (sulfide) groups is 2. The number of carbonyl (C=O) groups is 1. The molecule has 1 aliphatic rings. The Labute approximate surface area is 135 Å². The first-order valence-corrected chi connectivity index (χ1v) is 8.81. The molecule has 2 rings (SSSR count). The lowest BCUT2D eigenvalue weighted by Gasteiger charge is -2.07. The van der Waals surface area contributed by atoms with Crippen molar-refractivity contribution in [3.63, 3.8) is 0 Å². The fourth-order valence-corrected chi connectivity index (χ4v) is 3.76. The summed E-state index contributed by atoms with van der Waals surface area (Å²) in [6, 6.07) is 5.73. The van der Waals surface area contributed by atoms with Crippen LogP contribution in [0.25, 0.3) is 6.08 Å². The van der Waals surface area contributed by atoms with Gasteiger partial charge in [-0.25, -0.2) is 4.99 Å². The van der Waals surface area contributed by atoms with Gasteiger partial charge in [-0.3, -0.25) is 4.79 Å². The summed E-state index contributed by atoms with van der Waals surface area (Å²) in [5.41, 5.74) is 1.33. The lowest BCUT2D eigenvalue weighted by atomic mass is 10.1. The minimum absolute atomic E-state index is 0.0108. The molecule has 1 aliphatic heterocycles. The molecule has 20 heavy (non-hydrogen) atoms. The van der Waals surface area contributed by atoms with E-state index in [1.807, 2.05) is 32.0 Å². The number of aliphatic imine (C=N–C) groups is 1. The zero-order valence-electron chi connectivity index (χ0n) is 11.2. The van der Waals surface area contributed by atoms with Gasteiger partial charge in [-0.15, -0.1) is 0 Å². The van der Waals surface area contributed by atoms with Gasteiger partial charge in [0.2, 0.25) is 5.12 Å². The second-order valence-corrected chi connectivity index (χ2v) is 7.23. The Hall–Kier alpha value is -0.720. The van der Waals surface area contributed by atoms with Crippen molar-refractivity contribution in [2.45, 2.75) is 13.8 Å². The largest absolute Gasteiger partial charge is 0.493 e. The Morgan fingerprint density at radius 1 is 1.45 bits per heavy atom. The molecule has 0 saturated heterocycles. The lowest BCUT2D eigenvalue weighted by molar-refractivity contribution is -0.107. The van der Waals surface area contributed by atoms with Crippen LogP contribution in [0.2, 0.25) is 0 Å². The molecule has 1 aromatic carbocycles. The van der Waals surface area contributed by atoms with Crippen LogP contribution in [0.1, 0.15) is 19.4 Å². The number of carbonyl (C=O) groups excluding carboxylic acids is 1. The summed E-state index contributed by atoms with van der Waals surface area (Å²) in [7, 11) is 0. The SMILES string of the molecule is CCOc1ccc(Br)cc1/C=C1/N=C(SCC)SC1=O. The zero-order valence-corrected chi connectivity index (χ0v) is 14.4. The van der Waals surface area contributed by atoms with Gasteiger partial charge in [0, 0.05) is 10.0 Å². The van der Waals surface area contributed by atoms with Gasteiger partial charge in [-0.2, -0.15) is 0 Å². The van der Waals surface area contributed by atoms with Crippen LogP contribution in [0.5, 0.6) is 5.75 Å². The molecule has 0 radical (unpaired) electrons. The third-order valence-corrected chi connectivity index (χ3v) is 4.82. The van der Waals surface area contributed by atoms with E-state index in [0.29, 0.717) is 12.3 Å². The first-order chi connectivity index (χ1) is 9.63. The highest BCUT2D eigenvalue weighted by molar-refractivity contribution is 9.10. The third-order valence-electron chi connectivity index (χ3n) is 2.43. The number of hydrogen-bond acceptors (Lipinski definition) is 5. The molecular weight excluding hydrogens is 358 g/mol. The number of nitrogens with zero attached hydrogens (tertiary/aromatic N) is 1. The summed E-state index contributed by atoms with van der Waals surface area (Å²) in [4.78, 5) is 16.3. The van der Waals surface area contributed by atoms with Gasteiger partial charge in [-0.05, 0) is 48.7 Å². The molecule has 0 aromatic heterocycles. The normalized spacial score (nSPS) is 16.6. The highest BCUT2D eigenvalue weighted by Gasteiger charge is 2.22. The minimum Gasteiger partial charge on any atom is -0.493 e. The third kappa shape index (κ3) is 3.90. The summed E-state index contributed by atoms with van der Waals surface area (Å²) in [5.74, 6) is 1.67. The van der Waals surface area contributed by atoms with Gasteiger partial charge in [0.05, 0.1) is 6.61 Å². The van der Waals surface area contributed by atoms with E-state index in [4.69, 9.17) is 4.74 Å². The van der Waals surface area contributed by atoms with Crippen molar-refractivity contribution in [1.29, 1.82) is 0 Å². The average Bonchev–Trinajstić information content (AvgIpc) is 2.74. The van der Waals surface area contributed by atoms with E-state index in [1.54, 1.807) is 17.8 Å². The molecule has 106 valence electrons. The predicted octanol–water partition coefficient (Wildman–Crippen LogP) is 4.57. The molecule has 3 nitrogen and oxygen atoms in total. The summed E-state index contributed by atoms with van der Waals surface area (Å²) in [6.07, 6.45) is 1.79. The van der Waals surface area contributed by atoms with E-state index >= 15 is 0 Å². The van der Waals surface area contributed by atoms with Gasteiger partial charge < -0.3 is 4.74 Å². The number of benzene rings is 1. The molecule has 0 spiro atoms. The summed E-state index contributed by atoms with van der Waals surface area (Å²) in [6.45, 7) is 4.56. The highest BCUT2D eigenvalue weighted by Crippen LogP contribution is 2.33. The van der Waals surface area contributed by atoms with Crippen LogP contribution in [-0.4, -0.2) is 21.9 Å². The lowest BCUT2D eigenvalue weighted by Crippen LogP contribution is -1.95. The monoisotopic (exact) mass is 371 g/mol. The van der Waals surface area contributed by atoms with Crippen molar-refractivity contribution < 1.29 is 9.53 Å². The number of rotatable bonds is 4. The molecule has 0 amide bonds. The van der Waals surface area contributed by atoms with E-state index in [2.05, 4.69) is 20.9 Å². The van der Waals surface area contributed by atoms with Crippen LogP contribution in [0.4, 0.5) is 0 Å². The molecule has 1 aromatic rings. The van der Waals surface area contributed by atoms with E-state index in [9.17, 15) is 4.79 Å². The molecule has 0 N–H and O–H groups in total. The van der Waals surface area contributed by atoms with E-state index in [1.165, 1.54) is 11.8 Å². The Morgan fingerprint density at radius 3 is 2.95 bits per heavy atom. The Balaban J connectivity index is 2.34. The molecule has 6 heteroatoms. The smallest absolute Gasteiger partial charge is 0.244 e. The van der Waals surface area contributed by atoms with Crippen LogP contribution < -0.4 is 4.74 Å². The van der Waals surface area contributed by atoms with E-state index in [0.717, 1.165) is 25.9 Å². The van der Waals surface area contributed by atoms with Crippen molar-refractivity contribution in [3.05, 3.63) is 33.9 Å². The van der Waals surface area contributed by atoms with E-state index in [-0.39, 0.29) is 5.12 Å². The first kappa shape index (κ1) is 15.7. The topological polar surface area (TPSA) is 38.7 Å². The van der Waals surface area contributed by atoms with Crippen LogP contribution in [0.3, 0.4) is 0 Å².